The van der Waals surface area contributed by atoms with Crippen molar-refractivity contribution in [2.24, 2.45) is 0 Å². The molecule has 4 rings (SSSR count). The van der Waals surface area contributed by atoms with Crippen LogP contribution < -0.4 is 0 Å². The highest BCUT2D eigenvalue weighted by Gasteiger charge is 2.36. The summed E-state index contributed by atoms with van der Waals surface area (Å²) in [5.74, 6) is 0. The third-order valence-corrected chi connectivity index (χ3v) is 6.72. The first-order chi connectivity index (χ1) is 14.1. The van der Waals surface area contributed by atoms with Gasteiger partial charge in [-0.2, -0.15) is 13.2 Å². The Morgan fingerprint density at radius 2 is 1.77 bits per heavy atom. The van der Waals surface area contributed by atoms with Crippen molar-refractivity contribution in [3.63, 3.8) is 0 Å². The molecule has 4 aromatic rings. The molecule has 2 heterocycles. The van der Waals surface area contributed by atoms with Gasteiger partial charge in [-0.3, -0.25) is 0 Å². The number of halogens is 5. The summed E-state index contributed by atoms with van der Waals surface area (Å²) in [6, 6.07) is 12.2. The lowest BCUT2D eigenvalue weighted by Gasteiger charge is -2.11. The highest BCUT2D eigenvalue weighted by Crippen LogP contribution is 2.40. The number of nitrogens with zero attached hydrogens (tertiary/aromatic N) is 3. The van der Waals surface area contributed by atoms with Gasteiger partial charge in [0.05, 0.1) is 16.1 Å². The maximum atomic E-state index is 13.6. The van der Waals surface area contributed by atoms with Crippen molar-refractivity contribution in [3.8, 4) is 11.3 Å². The molecule has 154 valence electrons. The minimum absolute atomic E-state index is 0.00908. The Morgan fingerprint density at radius 1 is 1.07 bits per heavy atom. The summed E-state index contributed by atoms with van der Waals surface area (Å²) in [7, 11) is -4.09. The van der Waals surface area contributed by atoms with Crippen LogP contribution in [0.5, 0.6) is 0 Å². The van der Waals surface area contributed by atoms with E-state index in [0.717, 1.165) is 10.2 Å². The van der Waals surface area contributed by atoms with E-state index in [4.69, 9.17) is 11.6 Å². The summed E-state index contributed by atoms with van der Waals surface area (Å²) in [6.07, 6.45) is -3.06. The molecule has 0 N–H and O–H groups in total. The standard InChI is InChI=1S/C19H10BrClF3N3O2S/c20-11-6-7-13-14(17-15(19(22,23)24)9-25-18(21)26-17)10-27(16(13)8-11)30(28,29)12-4-2-1-3-5-12/h1-10H. The third-order valence-electron chi connectivity index (χ3n) is 4.35. The zero-order chi connectivity index (χ0) is 21.7. The number of fused-ring (bicyclic) bond motifs is 1. The van der Waals surface area contributed by atoms with Crippen LogP contribution in [-0.4, -0.2) is 22.4 Å². The number of hydrogen-bond donors (Lipinski definition) is 0. The van der Waals surface area contributed by atoms with E-state index in [-0.39, 0.29) is 26.6 Å². The molecule has 0 unspecified atom stereocenters. The summed E-state index contributed by atoms with van der Waals surface area (Å²) >= 11 is 9.04. The maximum Gasteiger partial charge on any atom is 0.419 e. The molecule has 0 amide bonds. The van der Waals surface area contributed by atoms with Crippen LogP contribution in [0.2, 0.25) is 5.28 Å². The van der Waals surface area contributed by atoms with E-state index in [2.05, 4.69) is 25.9 Å². The molecule has 0 atom stereocenters. The van der Waals surface area contributed by atoms with Gasteiger partial charge in [-0.15, -0.1) is 0 Å². The molecule has 0 aliphatic heterocycles. The lowest BCUT2D eigenvalue weighted by atomic mass is 10.1. The van der Waals surface area contributed by atoms with Crippen LogP contribution >= 0.6 is 27.5 Å². The van der Waals surface area contributed by atoms with E-state index in [1.807, 2.05) is 0 Å². The lowest BCUT2D eigenvalue weighted by Crippen LogP contribution is -2.12. The molecule has 0 fully saturated rings. The molecule has 0 aliphatic rings. The molecule has 0 spiro atoms. The Labute approximate surface area is 182 Å². The first-order valence-electron chi connectivity index (χ1n) is 8.30. The van der Waals surface area contributed by atoms with Crippen molar-refractivity contribution in [2.45, 2.75) is 11.1 Å². The van der Waals surface area contributed by atoms with Crippen LogP contribution in [0.15, 0.2) is 70.3 Å². The van der Waals surface area contributed by atoms with Gasteiger partial charge in [0.1, 0.15) is 5.56 Å². The SMILES string of the molecule is O=S(=O)(c1ccccc1)n1cc(-c2nc(Cl)ncc2C(F)(F)F)c2ccc(Br)cc21. The Hall–Kier alpha value is -2.43. The van der Waals surface area contributed by atoms with Crippen LogP contribution in [0.1, 0.15) is 5.56 Å². The van der Waals surface area contributed by atoms with Crippen molar-refractivity contribution in [3.05, 3.63) is 76.2 Å². The first-order valence-corrected chi connectivity index (χ1v) is 10.9. The maximum absolute atomic E-state index is 13.6. The summed E-state index contributed by atoms with van der Waals surface area (Å²) in [5.41, 5.74) is -1.47. The minimum Gasteiger partial charge on any atom is -0.240 e. The van der Waals surface area contributed by atoms with Crippen LogP contribution in [0.25, 0.3) is 22.2 Å². The van der Waals surface area contributed by atoms with E-state index in [9.17, 15) is 21.6 Å². The monoisotopic (exact) mass is 515 g/mol. The van der Waals surface area contributed by atoms with Crippen molar-refractivity contribution in [1.82, 2.24) is 13.9 Å². The average Bonchev–Trinajstić information content (AvgIpc) is 3.07. The van der Waals surface area contributed by atoms with Gasteiger partial charge < -0.3 is 0 Å². The van der Waals surface area contributed by atoms with Gasteiger partial charge in [-0.25, -0.2) is 22.4 Å². The zero-order valence-electron chi connectivity index (χ0n) is 14.7. The predicted octanol–water partition coefficient (Wildman–Crippen LogP) is 5.77. The fourth-order valence-corrected chi connectivity index (χ4v) is 4.90. The molecule has 5 nitrogen and oxygen atoms in total. The number of aromatic nitrogens is 3. The molecule has 11 heteroatoms. The van der Waals surface area contributed by atoms with Crippen LogP contribution in [0, 0.1) is 0 Å². The minimum atomic E-state index is -4.76. The second-order valence-corrected chi connectivity index (χ2v) is 9.29. The summed E-state index contributed by atoms with van der Waals surface area (Å²) < 4.78 is 68.7. The van der Waals surface area contributed by atoms with Crippen molar-refractivity contribution in [2.75, 3.05) is 0 Å². The van der Waals surface area contributed by atoms with E-state index in [0.29, 0.717) is 10.7 Å². The smallest absolute Gasteiger partial charge is 0.240 e. The van der Waals surface area contributed by atoms with E-state index >= 15 is 0 Å². The van der Waals surface area contributed by atoms with Gasteiger partial charge in [-0.1, -0.05) is 40.2 Å². The van der Waals surface area contributed by atoms with Crippen LogP contribution in [0.4, 0.5) is 13.2 Å². The number of hydrogen-bond acceptors (Lipinski definition) is 4. The Morgan fingerprint density at radius 3 is 2.43 bits per heavy atom. The van der Waals surface area contributed by atoms with E-state index in [1.165, 1.54) is 24.3 Å². The Balaban J connectivity index is 2.08. The van der Waals surface area contributed by atoms with Gasteiger partial charge in [0.15, 0.2) is 0 Å². The number of alkyl halides is 3. The van der Waals surface area contributed by atoms with Gasteiger partial charge in [0.25, 0.3) is 10.0 Å². The van der Waals surface area contributed by atoms with Gasteiger partial charge >= 0.3 is 6.18 Å². The summed E-state index contributed by atoms with van der Waals surface area (Å²) in [5, 5.41) is -0.125. The Kier molecular flexibility index (Phi) is 5.11. The molecule has 2 aromatic heterocycles. The predicted molar refractivity (Wildman–Crippen MR) is 110 cm³/mol. The molecule has 30 heavy (non-hydrogen) atoms. The van der Waals surface area contributed by atoms with Crippen LogP contribution in [0.3, 0.4) is 0 Å². The molecular weight excluding hydrogens is 507 g/mol. The van der Waals surface area contributed by atoms with Gasteiger partial charge in [0, 0.05) is 27.8 Å². The number of rotatable bonds is 3. The summed E-state index contributed by atoms with van der Waals surface area (Å²) in [4.78, 5) is 7.19. The average molecular weight is 517 g/mol. The van der Waals surface area contributed by atoms with Gasteiger partial charge in [-0.05, 0) is 35.9 Å². The molecular formula is C19H10BrClF3N3O2S. The number of benzene rings is 2. The lowest BCUT2D eigenvalue weighted by molar-refractivity contribution is -0.137. The topological polar surface area (TPSA) is 64.8 Å². The highest BCUT2D eigenvalue weighted by molar-refractivity contribution is 9.10. The molecule has 2 aromatic carbocycles. The molecule has 0 saturated carbocycles. The second-order valence-electron chi connectivity index (χ2n) is 6.22. The first kappa shape index (κ1) is 20.8. The fraction of sp³-hybridized carbons (Fsp3) is 0.0526. The van der Waals surface area contributed by atoms with Crippen molar-refractivity contribution in [1.29, 1.82) is 0 Å². The van der Waals surface area contributed by atoms with Gasteiger partial charge in [0.2, 0.25) is 5.28 Å². The van der Waals surface area contributed by atoms with Crippen molar-refractivity contribution >= 4 is 48.5 Å². The molecule has 0 aliphatic carbocycles. The highest BCUT2D eigenvalue weighted by atomic mass is 79.9. The molecule has 0 bridgehead atoms. The largest absolute Gasteiger partial charge is 0.419 e. The van der Waals surface area contributed by atoms with E-state index < -0.39 is 27.5 Å². The second kappa shape index (κ2) is 7.36. The third kappa shape index (κ3) is 3.59. The summed E-state index contributed by atoms with van der Waals surface area (Å²) in [6.45, 7) is 0. The molecule has 0 saturated heterocycles. The fourth-order valence-electron chi connectivity index (χ4n) is 3.04. The Bertz CT molecular complexity index is 1370. The van der Waals surface area contributed by atoms with Crippen LogP contribution in [-0.2, 0) is 16.2 Å². The zero-order valence-corrected chi connectivity index (χ0v) is 17.9. The van der Waals surface area contributed by atoms with Crippen molar-refractivity contribution < 1.29 is 21.6 Å². The quantitative estimate of drug-likeness (QED) is 0.324. The van der Waals surface area contributed by atoms with E-state index in [1.54, 1.807) is 24.3 Å². The normalized spacial score (nSPS) is 12.4. The molecule has 0 radical (unpaired) electrons.